The molecule has 1 aromatic rings. The fourth-order valence-corrected chi connectivity index (χ4v) is 3.17. The number of likely N-dealkylation sites (tertiary alicyclic amines) is 1. The van der Waals surface area contributed by atoms with Crippen molar-refractivity contribution in [2.24, 2.45) is 11.8 Å². The Morgan fingerprint density at radius 3 is 2.14 bits per heavy atom. The van der Waals surface area contributed by atoms with Crippen molar-refractivity contribution < 1.29 is 17.9 Å². The molecule has 0 aromatic carbocycles. The maximum Gasteiger partial charge on any atom is 0.573 e. The van der Waals surface area contributed by atoms with Crippen LogP contribution in [0.3, 0.4) is 0 Å². The van der Waals surface area contributed by atoms with E-state index in [2.05, 4.69) is 26.6 Å². The second kappa shape index (κ2) is 6.73. The maximum atomic E-state index is 12.1. The molecule has 3 rings (SSSR count). The van der Waals surface area contributed by atoms with Gasteiger partial charge in [-0.05, 0) is 31.0 Å². The summed E-state index contributed by atoms with van der Waals surface area (Å²) in [6, 6.07) is 2.90. The molecule has 0 unspecified atom stereocenters. The summed E-state index contributed by atoms with van der Waals surface area (Å²) in [5.74, 6) is 1.71. The molecule has 0 aliphatic carbocycles. The normalized spacial score (nSPS) is 24.7. The van der Waals surface area contributed by atoms with Crippen molar-refractivity contribution in [2.45, 2.75) is 20.2 Å². The van der Waals surface area contributed by atoms with Gasteiger partial charge in [-0.2, -0.15) is 0 Å². The molecule has 3 heterocycles. The highest BCUT2D eigenvalue weighted by Gasteiger charge is 2.39. The van der Waals surface area contributed by atoms with Crippen molar-refractivity contribution in [1.82, 2.24) is 9.88 Å². The Labute approximate surface area is 128 Å². The lowest BCUT2D eigenvalue weighted by Gasteiger charge is -2.20. The number of pyridine rings is 1. The van der Waals surface area contributed by atoms with Crippen molar-refractivity contribution >= 4 is 5.82 Å². The second-order valence-corrected chi connectivity index (χ2v) is 5.55. The number of fused-ring (bicyclic) bond motifs is 1. The van der Waals surface area contributed by atoms with Gasteiger partial charge in [-0.15, -0.1) is 13.2 Å². The van der Waals surface area contributed by atoms with E-state index in [4.69, 9.17) is 0 Å². The Morgan fingerprint density at radius 2 is 1.68 bits per heavy atom. The molecule has 2 atom stereocenters. The Morgan fingerprint density at radius 1 is 1.09 bits per heavy atom. The minimum atomic E-state index is -4.67. The summed E-state index contributed by atoms with van der Waals surface area (Å²) in [7, 11) is 2.12. The molecule has 0 N–H and O–H groups in total. The average Bonchev–Trinajstić information content (AvgIpc) is 2.97. The summed E-state index contributed by atoms with van der Waals surface area (Å²) >= 11 is 0. The van der Waals surface area contributed by atoms with Crippen LogP contribution in [0.25, 0.3) is 0 Å². The number of hydrogen-bond acceptors (Lipinski definition) is 4. The standard InChI is InChI=1S/C13H16F3N3O.C2H6/c1-18-5-9-7-19(8-10(9)6-18)12-3-2-11(4-17-12)20-13(14,15)16;1-2/h2-4,9-10H,5-8H2,1H3;1-2H3/t9-,10+;. The minimum absolute atomic E-state index is 0.277. The van der Waals surface area contributed by atoms with Crippen LogP contribution in [0.4, 0.5) is 19.0 Å². The number of rotatable bonds is 2. The Hall–Kier alpha value is -1.50. The first-order valence-corrected chi connectivity index (χ1v) is 7.56. The summed E-state index contributed by atoms with van der Waals surface area (Å²) in [5.41, 5.74) is 0. The average molecular weight is 317 g/mol. The smallest absolute Gasteiger partial charge is 0.404 e. The quantitative estimate of drug-likeness (QED) is 0.838. The predicted octanol–water partition coefficient (Wildman–Crippen LogP) is 3.00. The van der Waals surface area contributed by atoms with Crippen LogP contribution in [0.15, 0.2) is 18.3 Å². The lowest BCUT2D eigenvalue weighted by atomic mass is 10.0. The van der Waals surface area contributed by atoms with E-state index in [-0.39, 0.29) is 5.75 Å². The van der Waals surface area contributed by atoms with Crippen LogP contribution in [0, 0.1) is 11.8 Å². The molecule has 124 valence electrons. The second-order valence-electron chi connectivity index (χ2n) is 5.55. The van der Waals surface area contributed by atoms with E-state index in [0.717, 1.165) is 38.2 Å². The van der Waals surface area contributed by atoms with Crippen molar-refractivity contribution in [2.75, 3.05) is 38.1 Å². The molecule has 2 saturated heterocycles. The number of alkyl halides is 3. The molecule has 2 aliphatic rings. The lowest BCUT2D eigenvalue weighted by Crippen LogP contribution is -2.27. The number of aromatic nitrogens is 1. The molecular formula is C15H22F3N3O. The summed E-state index contributed by atoms with van der Waals surface area (Å²) in [6.07, 6.45) is -3.54. The highest BCUT2D eigenvalue weighted by Crippen LogP contribution is 2.33. The molecule has 2 aliphatic heterocycles. The molecule has 0 amide bonds. The van der Waals surface area contributed by atoms with E-state index in [9.17, 15) is 13.2 Å². The third-order valence-electron chi connectivity index (χ3n) is 3.95. The number of halogens is 3. The molecular weight excluding hydrogens is 295 g/mol. The molecule has 2 fully saturated rings. The van der Waals surface area contributed by atoms with Gasteiger partial charge < -0.3 is 14.5 Å². The Balaban J connectivity index is 0.000000847. The third kappa shape index (κ3) is 4.03. The van der Waals surface area contributed by atoms with E-state index in [0.29, 0.717) is 11.8 Å². The molecule has 4 nitrogen and oxygen atoms in total. The molecule has 0 bridgehead atoms. The van der Waals surface area contributed by atoms with Crippen molar-refractivity contribution in [3.05, 3.63) is 18.3 Å². The minimum Gasteiger partial charge on any atom is -0.404 e. The summed E-state index contributed by atoms with van der Waals surface area (Å²) in [5, 5.41) is 0. The van der Waals surface area contributed by atoms with Crippen LogP contribution in [0.2, 0.25) is 0 Å². The fraction of sp³-hybridized carbons (Fsp3) is 0.667. The van der Waals surface area contributed by atoms with Gasteiger partial charge in [0.05, 0.1) is 6.20 Å². The van der Waals surface area contributed by atoms with Crippen molar-refractivity contribution in [3.63, 3.8) is 0 Å². The van der Waals surface area contributed by atoms with Gasteiger partial charge in [0, 0.05) is 26.2 Å². The highest BCUT2D eigenvalue weighted by atomic mass is 19.4. The fourth-order valence-electron chi connectivity index (χ4n) is 3.17. The highest BCUT2D eigenvalue weighted by molar-refractivity contribution is 5.42. The number of nitrogens with zero attached hydrogens (tertiary/aromatic N) is 3. The van der Waals surface area contributed by atoms with Gasteiger partial charge >= 0.3 is 6.36 Å². The number of anilines is 1. The summed E-state index contributed by atoms with van der Waals surface area (Å²) < 4.78 is 40.0. The number of hydrogen-bond donors (Lipinski definition) is 0. The van der Waals surface area contributed by atoms with Gasteiger partial charge in [0.2, 0.25) is 0 Å². The zero-order valence-corrected chi connectivity index (χ0v) is 13.1. The van der Waals surface area contributed by atoms with Gasteiger partial charge in [0.15, 0.2) is 0 Å². The van der Waals surface area contributed by atoms with E-state index in [1.807, 2.05) is 13.8 Å². The Kier molecular flexibility index (Phi) is 5.16. The van der Waals surface area contributed by atoms with Crippen molar-refractivity contribution in [1.29, 1.82) is 0 Å². The first kappa shape index (κ1) is 16.9. The summed E-state index contributed by atoms with van der Waals surface area (Å²) in [6.45, 7) is 8.00. The SMILES string of the molecule is CC.CN1C[C@@H]2CN(c3ccc(OC(F)(F)F)cn3)C[C@@H]2C1. The molecule has 0 spiro atoms. The predicted molar refractivity (Wildman–Crippen MR) is 79.0 cm³/mol. The van der Waals surface area contributed by atoms with Crippen LogP contribution in [0.5, 0.6) is 5.75 Å². The molecule has 0 saturated carbocycles. The van der Waals surface area contributed by atoms with E-state index in [1.54, 1.807) is 6.07 Å². The molecule has 22 heavy (non-hydrogen) atoms. The third-order valence-corrected chi connectivity index (χ3v) is 3.95. The van der Waals surface area contributed by atoms with Gasteiger partial charge in [0.1, 0.15) is 11.6 Å². The van der Waals surface area contributed by atoms with Crippen LogP contribution in [-0.4, -0.2) is 49.5 Å². The number of ether oxygens (including phenoxy) is 1. The topological polar surface area (TPSA) is 28.6 Å². The maximum absolute atomic E-state index is 12.1. The van der Waals surface area contributed by atoms with Gasteiger partial charge in [-0.25, -0.2) is 4.98 Å². The van der Waals surface area contributed by atoms with Gasteiger partial charge in [-0.1, -0.05) is 13.8 Å². The zero-order valence-electron chi connectivity index (χ0n) is 13.1. The largest absolute Gasteiger partial charge is 0.573 e. The lowest BCUT2D eigenvalue weighted by molar-refractivity contribution is -0.274. The van der Waals surface area contributed by atoms with Crippen molar-refractivity contribution in [3.8, 4) is 5.75 Å². The Bertz CT molecular complexity index is 464. The van der Waals surface area contributed by atoms with E-state index < -0.39 is 6.36 Å². The van der Waals surface area contributed by atoms with Crippen LogP contribution < -0.4 is 9.64 Å². The van der Waals surface area contributed by atoms with Gasteiger partial charge in [-0.3, -0.25) is 0 Å². The molecule has 7 heteroatoms. The van der Waals surface area contributed by atoms with E-state index >= 15 is 0 Å². The van der Waals surface area contributed by atoms with Crippen LogP contribution >= 0.6 is 0 Å². The molecule has 0 radical (unpaired) electrons. The van der Waals surface area contributed by atoms with Crippen LogP contribution in [-0.2, 0) is 0 Å². The van der Waals surface area contributed by atoms with Gasteiger partial charge in [0.25, 0.3) is 0 Å². The van der Waals surface area contributed by atoms with Crippen LogP contribution in [0.1, 0.15) is 13.8 Å². The zero-order chi connectivity index (χ0) is 16.3. The first-order valence-electron chi connectivity index (χ1n) is 7.56. The van der Waals surface area contributed by atoms with E-state index in [1.165, 1.54) is 6.07 Å². The molecule has 1 aromatic heterocycles. The first-order chi connectivity index (χ1) is 10.4. The summed E-state index contributed by atoms with van der Waals surface area (Å²) in [4.78, 5) is 8.54. The monoisotopic (exact) mass is 317 g/mol.